The molecule has 0 radical (unpaired) electrons. The van der Waals surface area contributed by atoms with Crippen molar-refractivity contribution in [1.82, 2.24) is 0 Å². The Hall–Kier alpha value is -2.68. The van der Waals surface area contributed by atoms with Crippen molar-refractivity contribution >= 4 is 17.3 Å². The minimum Gasteiger partial charge on any atom is -0.465 e. The predicted octanol–water partition coefficient (Wildman–Crippen LogP) is 3.13. The number of methoxy groups -OCH3 is 1. The van der Waals surface area contributed by atoms with Crippen LogP contribution in [0.25, 0.3) is 5.57 Å². The van der Waals surface area contributed by atoms with Gasteiger partial charge in [0.05, 0.1) is 12.7 Å². The highest BCUT2D eigenvalue weighted by molar-refractivity contribution is 6.23. The average Bonchev–Trinajstić information content (AvgIpc) is 2.53. The fraction of sp³-hybridized carbons (Fsp3) is 0.0588. The Balaban J connectivity index is 2.40. The molecule has 0 bridgehead atoms. The number of carbonyl (C=O) groups is 2. The van der Waals surface area contributed by atoms with Crippen molar-refractivity contribution in [2.45, 2.75) is 0 Å². The number of hydrogen-bond acceptors (Lipinski definition) is 3. The van der Waals surface area contributed by atoms with Crippen LogP contribution in [0.2, 0.25) is 0 Å². The largest absolute Gasteiger partial charge is 0.465 e. The summed E-state index contributed by atoms with van der Waals surface area (Å²) in [4.78, 5) is 24.0. The molecule has 3 heteroatoms. The van der Waals surface area contributed by atoms with Crippen LogP contribution in [-0.4, -0.2) is 18.9 Å². The fourth-order valence-electron chi connectivity index (χ4n) is 1.80. The molecule has 0 unspecified atom stereocenters. The van der Waals surface area contributed by atoms with Crippen LogP contribution in [0, 0.1) is 0 Å². The van der Waals surface area contributed by atoms with Crippen molar-refractivity contribution in [2.75, 3.05) is 7.11 Å². The van der Waals surface area contributed by atoms with Crippen molar-refractivity contribution in [3.63, 3.8) is 0 Å². The lowest BCUT2D eigenvalue weighted by Crippen LogP contribution is -2.07. The molecule has 0 N–H and O–H groups in total. The normalized spacial score (nSPS) is 10.9. The monoisotopic (exact) mass is 266 g/mol. The van der Waals surface area contributed by atoms with Gasteiger partial charge in [-0.3, -0.25) is 4.79 Å². The predicted molar refractivity (Wildman–Crippen MR) is 77.2 cm³/mol. The van der Waals surface area contributed by atoms with Crippen LogP contribution in [-0.2, 0) is 9.53 Å². The maximum absolute atomic E-state index is 12.2. The van der Waals surface area contributed by atoms with Gasteiger partial charge in [-0.05, 0) is 5.56 Å². The van der Waals surface area contributed by atoms with Gasteiger partial charge in [-0.1, -0.05) is 60.7 Å². The topological polar surface area (TPSA) is 43.4 Å². The number of carbonyl (C=O) groups excluding carboxylic acids is 2. The maximum atomic E-state index is 12.2. The third-order valence-electron chi connectivity index (χ3n) is 2.82. The van der Waals surface area contributed by atoms with Gasteiger partial charge in [0.15, 0.2) is 5.78 Å². The van der Waals surface area contributed by atoms with Crippen molar-refractivity contribution in [1.29, 1.82) is 0 Å². The van der Waals surface area contributed by atoms with Crippen molar-refractivity contribution in [2.24, 2.45) is 0 Å². The molecule has 0 aliphatic heterocycles. The molecule has 0 aromatic heterocycles. The Morgan fingerprint density at radius 3 is 1.85 bits per heavy atom. The number of allylic oxidation sites excluding steroid dienone is 1. The van der Waals surface area contributed by atoms with E-state index in [9.17, 15) is 9.59 Å². The van der Waals surface area contributed by atoms with Crippen LogP contribution in [0.1, 0.15) is 15.9 Å². The Morgan fingerprint density at radius 1 is 0.850 bits per heavy atom. The first-order chi connectivity index (χ1) is 9.72. The first-order valence-corrected chi connectivity index (χ1v) is 6.17. The molecule has 0 saturated heterocycles. The summed E-state index contributed by atoms with van der Waals surface area (Å²) in [6.45, 7) is 0. The highest BCUT2D eigenvalue weighted by Crippen LogP contribution is 2.17. The third-order valence-corrected chi connectivity index (χ3v) is 2.82. The molecule has 2 aromatic rings. The van der Waals surface area contributed by atoms with Gasteiger partial charge in [0.25, 0.3) is 0 Å². The first kappa shape index (κ1) is 13.7. The maximum Gasteiger partial charge on any atom is 0.338 e. The van der Waals surface area contributed by atoms with Crippen molar-refractivity contribution in [3.8, 4) is 0 Å². The van der Waals surface area contributed by atoms with Gasteiger partial charge in [-0.2, -0.15) is 0 Å². The molecule has 0 amide bonds. The van der Waals surface area contributed by atoms with Crippen molar-refractivity contribution < 1.29 is 14.3 Å². The molecular formula is C17H14O3. The summed E-state index contributed by atoms with van der Waals surface area (Å²) in [7, 11) is 1.30. The lowest BCUT2D eigenvalue weighted by Gasteiger charge is -2.05. The molecule has 20 heavy (non-hydrogen) atoms. The van der Waals surface area contributed by atoms with Crippen LogP contribution in [0.5, 0.6) is 0 Å². The van der Waals surface area contributed by atoms with E-state index in [-0.39, 0.29) is 11.4 Å². The minimum atomic E-state index is -0.527. The van der Waals surface area contributed by atoms with E-state index < -0.39 is 5.97 Å². The quantitative estimate of drug-likeness (QED) is 0.485. The minimum absolute atomic E-state index is 0.227. The Labute approximate surface area is 117 Å². The molecule has 0 heterocycles. The van der Waals surface area contributed by atoms with Gasteiger partial charge in [-0.25, -0.2) is 4.79 Å². The zero-order valence-electron chi connectivity index (χ0n) is 11.1. The van der Waals surface area contributed by atoms with E-state index in [1.54, 1.807) is 48.5 Å². The van der Waals surface area contributed by atoms with E-state index in [1.807, 2.05) is 12.1 Å². The summed E-state index contributed by atoms with van der Waals surface area (Å²) >= 11 is 0. The molecule has 0 aliphatic rings. The molecule has 0 aliphatic carbocycles. The van der Waals surface area contributed by atoms with Gasteiger partial charge in [0, 0.05) is 11.6 Å². The second kappa shape index (κ2) is 6.48. The number of hydrogen-bond donors (Lipinski definition) is 0. The lowest BCUT2D eigenvalue weighted by molar-refractivity contribution is -0.133. The van der Waals surface area contributed by atoms with Crippen LogP contribution in [0.3, 0.4) is 0 Å². The van der Waals surface area contributed by atoms with Gasteiger partial charge >= 0.3 is 5.97 Å². The van der Waals surface area contributed by atoms with Gasteiger partial charge in [0.2, 0.25) is 0 Å². The number of esters is 1. The molecule has 100 valence electrons. The Morgan fingerprint density at radius 2 is 1.35 bits per heavy atom. The van der Waals surface area contributed by atoms with E-state index >= 15 is 0 Å². The summed E-state index contributed by atoms with van der Waals surface area (Å²) in [5.41, 5.74) is 1.44. The zero-order valence-corrected chi connectivity index (χ0v) is 11.1. The van der Waals surface area contributed by atoms with Crippen LogP contribution < -0.4 is 0 Å². The van der Waals surface area contributed by atoms with Crippen LogP contribution in [0.4, 0.5) is 0 Å². The zero-order chi connectivity index (χ0) is 14.4. The SMILES string of the molecule is COC(=O)C(=CC(=O)c1ccccc1)c1ccccc1. The smallest absolute Gasteiger partial charge is 0.338 e. The van der Waals surface area contributed by atoms with Crippen molar-refractivity contribution in [3.05, 3.63) is 77.9 Å². The first-order valence-electron chi connectivity index (χ1n) is 6.17. The van der Waals surface area contributed by atoms with Gasteiger partial charge in [-0.15, -0.1) is 0 Å². The van der Waals surface area contributed by atoms with E-state index in [2.05, 4.69) is 0 Å². The molecule has 2 aromatic carbocycles. The molecule has 0 fully saturated rings. The molecule has 0 saturated carbocycles. The van der Waals surface area contributed by atoms with Crippen LogP contribution in [0.15, 0.2) is 66.7 Å². The van der Waals surface area contributed by atoms with E-state index in [1.165, 1.54) is 13.2 Å². The number of benzene rings is 2. The molecular weight excluding hydrogens is 252 g/mol. The van der Waals surface area contributed by atoms with Crippen LogP contribution >= 0.6 is 0 Å². The number of rotatable bonds is 4. The standard InChI is InChI=1S/C17H14O3/c1-20-17(19)15(13-8-4-2-5-9-13)12-16(18)14-10-6-3-7-11-14/h2-12H,1H3. The number of ether oxygens (including phenoxy) is 1. The molecule has 0 spiro atoms. The highest BCUT2D eigenvalue weighted by atomic mass is 16.5. The summed E-state index contributed by atoms with van der Waals surface area (Å²) in [6.07, 6.45) is 1.32. The molecule has 3 nitrogen and oxygen atoms in total. The fourth-order valence-corrected chi connectivity index (χ4v) is 1.80. The van der Waals surface area contributed by atoms with Gasteiger partial charge < -0.3 is 4.74 Å². The molecule has 0 atom stereocenters. The van der Waals surface area contributed by atoms with E-state index in [4.69, 9.17) is 4.74 Å². The highest BCUT2D eigenvalue weighted by Gasteiger charge is 2.14. The third kappa shape index (κ3) is 3.20. The second-order valence-electron chi connectivity index (χ2n) is 4.15. The summed E-state index contributed by atoms with van der Waals surface area (Å²) in [6, 6.07) is 17.8. The Kier molecular flexibility index (Phi) is 4.45. The average molecular weight is 266 g/mol. The van der Waals surface area contributed by atoms with E-state index in [0.29, 0.717) is 11.1 Å². The summed E-state index contributed by atoms with van der Waals surface area (Å²) < 4.78 is 4.74. The van der Waals surface area contributed by atoms with Gasteiger partial charge in [0.1, 0.15) is 0 Å². The number of ketones is 1. The lowest BCUT2D eigenvalue weighted by atomic mass is 10.0. The Bertz CT molecular complexity index is 628. The summed E-state index contributed by atoms with van der Waals surface area (Å²) in [5.74, 6) is -0.754. The van der Waals surface area contributed by atoms with E-state index in [0.717, 1.165) is 0 Å². The molecule has 2 rings (SSSR count). The summed E-state index contributed by atoms with van der Waals surface area (Å²) in [5, 5.41) is 0. The second-order valence-corrected chi connectivity index (χ2v) is 4.15.